The third kappa shape index (κ3) is 4.26. The van der Waals surface area contributed by atoms with E-state index < -0.39 is 18.3 Å². The van der Waals surface area contributed by atoms with Crippen LogP contribution in [-0.4, -0.2) is 28.8 Å². The van der Waals surface area contributed by atoms with E-state index >= 15 is 0 Å². The molecule has 0 aliphatic carbocycles. The van der Waals surface area contributed by atoms with E-state index in [1.54, 1.807) is 0 Å². The highest BCUT2D eigenvalue weighted by atomic mass is 28.4. The van der Waals surface area contributed by atoms with Crippen LogP contribution in [0.15, 0.2) is 60.7 Å². The van der Waals surface area contributed by atoms with Crippen molar-refractivity contribution in [3.63, 3.8) is 0 Å². The minimum atomic E-state index is -1.88. The number of hydrogen-bond acceptors (Lipinski definition) is 2. The summed E-state index contributed by atoms with van der Waals surface area (Å²) in [6.07, 6.45) is 0. The zero-order chi connectivity index (χ0) is 14.4. The van der Waals surface area contributed by atoms with Gasteiger partial charge in [0.2, 0.25) is 0 Å². The average molecular weight is 319 g/mol. The summed E-state index contributed by atoms with van der Waals surface area (Å²) >= 11 is 0. The molecule has 0 aromatic heterocycles. The zero-order valence-electron chi connectivity index (χ0n) is 12.4. The van der Waals surface area contributed by atoms with E-state index in [2.05, 4.69) is 73.8 Å². The van der Waals surface area contributed by atoms with Crippen LogP contribution in [0.3, 0.4) is 0 Å². The minimum absolute atomic E-state index is 0.404. The van der Waals surface area contributed by atoms with Crippen molar-refractivity contribution in [3.8, 4) is 0 Å². The van der Waals surface area contributed by atoms with E-state index in [1.807, 2.05) is 0 Å². The number of benzene rings is 2. The molecule has 2 nitrogen and oxygen atoms in total. The lowest BCUT2D eigenvalue weighted by Gasteiger charge is -2.25. The van der Waals surface area contributed by atoms with E-state index in [-0.39, 0.29) is 0 Å². The van der Waals surface area contributed by atoms with Crippen LogP contribution in [0, 0.1) is 0 Å². The second-order valence-corrected chi connectivity index (χ2v) is 12.0. The zero-order valence-corrected chi connectivity index (χ0v) is 16.8. The molecule has 0 atom stereocenters. The van der Waals surface area contributed by atoms with Crippen molar-refractivity contribution in [1.82, 2.24) is 0 Å². The van der Waals surface area contributed by atoms with Crippen molar-refractivity contribution in [2.75, 3.05) is 0 Å². The van der Waals surface area contributed by atoms with Crippen molar-refractivity contribution in [1.29, 1.82) is 0 Å². The second-order valence-electron chi connectivity index (χ2n) is 5.29. The molecule has 0 unspecified atom stereocenters. The molecule has 0 aliphatic rings. The van der Waals surface area contributed by atoms with E-state index in [9.17, 15) is 0 Å². The Morgan fingerprint density at radius 3 is 1.75 bits per heavy atom. The van der Waals surface area contributed by atoms with Crippen LogP contribution in [0.25, 0.3) is 0 Å². The SMILES string of the molecule is C[Si](C)(O[SiH3])O[SiH2]C(c1ccccc1)c1ccccc1. The predicted octanol–water partition coefficient (Wildman–Crippen LogP) is 1.88. The summed E-state index contributed by atoms with van der Waals surface area (Å²) < 4.78 is 11.9. The average Bonchev–Trinajstić information content (AvgIpc) is 2.49. The molecule has 20 heavy (non-hydrogen) atoms. The van der Waals surface area contributed by atoms with Crippen LogP contribution in [0.5, 0.6) is 0 Å². The van der Waals surface area contributed by atoms with Crippen LogP contribution in [0.1, 0.15) is 16.7 Å². The lowest BCUT2D eigenvalue weighted by molar-refractivity contribution is 0.433. The molecule has 5 heteroatoms. The molecule has 0 saturated heterocycles. The first kappa shape index (κ1) is 15.4. The van der Waals surface area contributed by atoms with E-state index in [0.717, 1.165) is 10.5 Å². The van der Waals surface area contributed by atoms with Gasteiger partial charge in [-0.1, -0.05) is 60.7 Å². The Bertz CT molecular complexity index is 478. The molecule has 2 aromatic carbocycles. The topological polar surface area (TPSA) is 18.5 Å². The molecule has 0 spiro atoms. The maximum absolute atomic E-state index is 6.24. The first-order chi connectivity index (χ1) is 9.62. The third-order valence-electron chi connectivity index (χ3n) is 3.49. The molecule has 106 valence electrons. The van der Waals surface area contributed by atoms with E-state index in [1.165, 1.54) is 11.1 Å². The third-order valence-corrected chi connectivity index (χ3v) is 12.1. The highest BCUT2D eigenvalue weighted by Gasteiger charge is 2.25. The van der Waals surface area contributed by atoms with Crippen molar-refractivity contribution in [3.05, 3.63) is 71.8 Å². The largest absolute Gasteiger partial charge is 0.445 e. The van der Waals surface area contributed by atoms with E-state index in [4.69, 9.17) is 8.23 Å². The van der Waals surface area contributed by atoms with Crippen LogP contribution in [0.4, 0.5) is 0 Å². The first-order valence-electron chi connectivity index (χ1n) is 6.91. The molecule has 0 amide bonds. The van der Waals surface area contributed by atoms with Gasteiger partial charge in [0.05, 0.1) is 0 Å². The molecule has 0 bridgehead atoms. The van der Waals surface area contributed by atoms with Gasteiger partial charge in [0.15, 0.2) is 9.76 Å². The van der Waals surface area contributed by atoms with Gasteiger partial charge in [0.25, 0.3) is 0 Å². The van der Waals surface area contributed by atoms with Crippen molar-refractivity contribution < 1.29 is 8.23 Å². The molecule has 0 heterocycles. The van der Waals surface area contributed by atoms with Gasteiger partial charge in [-0.05, 0) is 24.2 Å². The Labute approximate surface area is 127 Å². The smallest absolute Gasteiger partial charge is 0.310 e. The van der Waals surface area contributed by atoms with E-state index in [0.29, 0.717) is 5.54 Å². The monoisotopic (exact) mass is 318 g/mol. The highest BCUT2D eigenvalue weighted by Crippen LogP contribution is 2.24. The van der Waals surface area contributed by atoms with Crippen LogP contribution < -0.4 is 0 Å². The van der Waals surface area contributed by atoms with Gasteiger partial charge in [-0.3, -0.25) is 0 Å². The molecular formula is C15H22O2Si3. The van der Waals surface area contributed by atoms with Crippen molar-refractivity contribution in [2.24, 2.45) is 0 Å². The van der Waals surface area contributed by atoms with Gasteiger partial charge < -0.3 is 8.23 Å². The second kappa shape index (κ2) is 7.14. The molecule has 0 N–H and O–H groups in total. The van der Waals surface area contributed by atoms with Gasteiger partial charge in [-0.15, -0.1) is 0 Å². The van der Waals surface area contributed by atoms with Gasteiger partial charge >= 0.3 is 8.56 Å². The number of hydrogen-bond donors (Lipinski definition) is 0. The maximum Gasteiger partial charge on any atom is 0.310 e. The summed E-state index contributed by atoms with van der Waals surface area (Å²) in [6, 6.07) is 21.3. The van der Waals surface area contributed by atoms with Gasteiger partial charge in [0.1, 0.15) is 10.5 Å². The Morgan fingerprint density at radius 2 is 1.35 bits per heavy atom. The fourth-order valence-corrected chi connectivity index (χ4v) is 6.83. The van der Waals surface area contributed by atoms with Crippen LogP contribution in [-0.2, 0) is 8.23 Å². The molecule has 0 fully saturated rings. The predicted molar refractivity (Wildman–Crippen MR) is 92.9 cm³/mol. The molecule has 0 saturated carbocycles. The summed E-state index contributed by atoms with van der Waals surface area (Å²) in [5.74, 6) is 0. The Morgan fingerprint density at radius 1 is 0.900 bits per heavy atom. The molecule has 2 aromatic rings. The maximum atomic E-state index is 6.24. The van der Waals surface area contributed by atoms with Gasteiger partial charge in [0, 0.05) is 5.54 Å². The first-order valence-corrected chi connectivity index (χ1v) is 11.9. The molecule has 0 radical (unpaired) electrons. The lowest BCUT2D eigenvalue weighted by Crippen LogP contribution is -2.37. The Balaban J connectivity index is 2.22. The van der Waals surface area contributed by atoms with Gasteiger partial charge in [-0.2, -0.15) is 0 Å². The Kier molecular flexibility index (Phi) is 5.50. The summed E-state index contributed by atoms with van der Waals surface area (Å²) in [4.78, 5) is 0. The van der Waals surface area contributed by atoms with Crippen molar-refractivity contribution in [2.45, 2.75) is 18.6 Å². The number of rotatable bonds is 6. The minimum Gasteiger partial charge on any atom is -0.445 e. The summed E-state index contributed by atoms with van der Waals surface area (Å²) in [5, 5.41) is 0. The Hall–Kier alpha value is -0.989. The van der Waals surface area contributed by atoms with Crippen molar-refractivity contribution >= 4 is 28.8 Å². The fourth-order valence-electron chi connectivity index (χ4n) is 2.10. The summed E-state index contributed by atoms with van der Waals surface area (Å²) in [7, 11) is -1.85. The highest BCUT2D eigenvalue weighted by molar-refractivity contribution is 6.72. The molecule has 0 aliphatic heterocycles. The fraction of sp³-hybridized carbons (Fsp3) is 0.200. The normalized spacial score (nSPS) is 12.6. The standard InChI is InChI=1S/C15H22O2Si3/c1-20(2,16-18)17-19-15(13-9-5-3-6-10-13)14-11-7-4-8-12-14/h3-12,15H,19H2,1-2,18H3. The van der Waals surface area contributed by atoms with Crippen LogP contribution >= 0.6 is 0 Å². The van der Waals surface area contributed by atoms with Gasteiger partial charge in [-0.25, -0.2) is 0 Å². The molecular weight excluding hydrogens is 296 g/mol. The quantitative estimate of drug-likeness (QED) is 0.757. The molecule has 2 rings (SSSR count). The summed E-state index contributed by atoms with van der Waals surface area (Å²) in [6.45, 7) is 4.28. The van der Waals surface area contributed by atoms with Crippen LogP contribution in [0.2, 0.25) is 13.1 Å². The summed E-state index contributed by atoms with van der Waals surface area (Å²) in [5.41, 5.74) is 3.10. The lowest BCUT2D eigenvalue weighted by atomic mass is 10.0.